The first kappa shape index (κ1) is 19.0. The van der Waals surface area contributed by atoms with Crippen molar-refractivity contribution in [2.75, 3.05) is 27.2 Å². The van der Waals surface area contributed by atoms with Crippen LogP contribution in [0, 0.1) is 11.3 Å². The normalized spacial score (nSPS) is 19.5. The van der Waals surface area contributed by atoms with Gasteiger partial charge in [0, 0.05) is 55.6 Å². The second-order valence-electron chi connectivity index (χ2n) is 7.87. The Labute approximate surface area is 180 Å². The maximum atomic E-state index is 9.08. The minimum atomic E-state index is 0.109. The Hall–Kier alpha value is -3.01. The monoisotopic (exact) mass is 419 g/mol. The number of likely N-dealkylation sites (N-methyl/N-ethyl adjacent to an activating group) is 1. The molecule has 5 rings (SSSR count). The third kappa shape index (κ3) is 3.11. The van der Waals surface area contributed by atoms with Crippen LogP contribution in [0.5, 0.6) is 0 Å². The van der Waals surface area contributed by atoms with Gasteiger partial charge in [-0.2, -0.15) is 5.26 Å². The molecule has 2 aromatic carbocycles. The highest BCUT2D eigenvalue weighted by molar-refractivity contribution is 6.31. The van der Waals surface area contributed by atoms with E-state index in [2.05, 4.69) is 45.9 Å². The molecule has 0 amide bonds. The smallest absolute Gasteiger partial charge is 0.209 e. The number of fused-ring (bicyclic) bond motifs is 1. The van der Waals surface area contributed by atoms with Gasteiger partial charge in [-0.3, -0.25) is 4.90 Å². The molecule has 0 saturated heterocycles. The predicted molar refractivity (Wildman–Crippen MR) is 115 cm³/mol. The number of nitrogens with zero attached hydrogens (tertiary/aromatic N) is 5. The van der Waals surface area contributed by atoms with Crippen LogP contribution in [0.25, 0.3) is 11.1 Å². The predicted octanol–water partition coefficient (Wildman–Crippen LogP) is 4.35. The maximum Gasteiger partial charge on any atom is 0.209 e. The van der Waals surface area contributed by atoms with Gasteiger partial charge >= 0.3 is 0 Å². The second kappa shape index (κ2) is 7.35. The molecule has 1 unspecified atom stereocenters. The van der Waals surface area contributed by atoms with Gasteiger partial charge in [-0.15, -0.1) is 0 Å². The average molecular weight is 420 g/mol. The van der Waals surface area contributed by atoms with Gasteiger partial charge in [0.15, 0.2) is 5.58 Å². The fourth-order valence-electron chi connectivity index (χ4n) is 4.58. The zero-order chi connectivity index (χ0) is 20.8. The van der Waals surface area contributed by atoms with Gasteiger partial charge in [0.05, 0.1) is 18.2 Å². The Morgan fingerprint density at radius 2 is 1.97 bits per heavy atom. The molecule has 0 saturated carbocycles. The van der Waals surface area contributed by atoms with E-state index in [4.69, 9.17) is 21.3 Å². The summed E-state index contributed by atoms with van der Waals surface area (Å²) in [5, 5.41) is 9.87. The number of hydrogen-bond donors (Lipinski definition) is 0. The molecule has 0 fully saturated rings. The SMILES string of the molecule is CN1C2=C(CN(Cc3nc4cc(C#N)ccc4o3)CC2)N(C)C1c1ccccc1Cl. The molecular weight excluding hydrogens is 398 g/mol. The van der Waals surface area contributed by atoms with Gasteiger partial charge in [0.2, 0.25) is 5.89 Å². The topological polar surface area (TPSA) is 59.5 Å². The molecule has 7 heteroatoms. The standard InChI is InChI=1S/C23H22ClN5O/c1-27-19-9-10-29(14-22-26-18-11-15(12-25)7-8-21(18)30-22)13-20(19)28(2)23(27)16-5-3-4-6-17(16)24/h3-8,11,23H,9-10,13-14H2,1-2H3. The van der Waals surface area contributed by atoms with E-state index in [-0.39, 0.29) is 6.17 Å². The van der Waals surface area contributed by atoms with Crippen molar-refractivity contribution < 1.29 is 4.42 Å². The maximum absolute atomic E-state index is 9.08. The number of rotatable bonds is 3. The minimum Gasteiger partial charge on any atom is -0.439 e. The Bertz CT molecular complexity index is 1190. The molecule has 3 aromatic rings. The lowest BCUT2D eigenvalue weighted by Gasteiger charge is -2.31. The molecule has 3 heterocycles. The van der Waals surface area contributed by atoms with Crippen LogP contribution in [0.2, 0.25) is 5.02 Å². The number of oxazole rings is 1. The Kier molecular flexibility index (Phi) is 4.65. The summed E-state index contributed by atoms with van der Waals surface area (Å²) in [6, 6.07) is 15.6. The molecule has 152 valence electrons. The Balaban J connectivity index is 1.36. The first-order valence-electron chi connectivity index (χ1n) is 9.99. The van der Waals surface area contributed by atoms with Crippen LogP contribution in [0.15, 0.2) is 58.3 Å². The van der Waals surface area contributed by atoms with Crippen molar-refractivity contribution in [1.29, 1.82) is 5.26 Å². The molecule has 1 aromatic heterocycles. The minimum absolute atomic E-state index is 0.109. The third-order valence-corrected chi connectivity index (χ3v) is 6.40. The summed E-state index contributed by atoms with van der Waals surface area (Å²) < 4.78 is 5.92. The molecule has 2 aliphatic rings. The highest BCUT2D eigenvalue weighted by atomic mass is 35.5. The summed E-state index contributed by atoms with van der Waals surface area (Å²) in [5.74, 6) is 0.681. The second-order valence-corrected chi connectivity index (χ2v) is 8.28. The Morgan fingerprint density at radius 1 is 1.17 bits per heavy atom. The molecule has 1 atom stereocenters. The van der Waals surface area contributed by atoms with E-state index in [9.17, 15) is 0 Å². The van der Waals surface area contributed by atoms with Crippen LogP contribution in [0.3, 0.4) is 0 Å². The lowest BCUT2D eigenvalue weighted by Crippen LogP contribution is -2.34. The van der Waals surface area contributed by atoms with Crippen LogP contribution in [0.4, 0.5) is 0 Å². The lowest BCUT2D eigenvalue weighted by molar-refractivity contribution is 0.186. The van der Waals surface area contributed by atoms with Crippen molar-refractivity contribution in [2.24, 2.45) is 0 Å². The van der Waals surface area contributed by atoms with Gasteiger partial charge < -0.3 is 14.2 Å². The van der Waals surface area contributed by atoms with Crippen LogP contribution in [0.1, 0.15) is 29.6 Å². The van der Waals surface area contributed by atoms with Crippen LogP contribution >= 0.6 is 11.6 Å². The fraction of sp³-hybridized carbons (Fsp3) is 0.304. The lowest BCUT2D eigenvalue weighted by atomic mass is 10.1. The zero-order valence-corrected chi connectivity index (χ0v) is 17.7. The van der Waals surface area contributed by atoms with Gasteiger partial charge in [0.25, 0.3) is 0 Å². The van der Waals surface area contributed by atoms with Crippen LogP contribution in [-0.2, 0) is 6.54 Å². The highest BCUT2D eigenvalue weighted by Crippen LogP contribution is 2.42. The number of nitriles is 1. The van der Waals surface area contributed by atoms with Crippen LogP contribution in [-0.4, -0.2) is 46.9 Å². The summed E-state index contributed by atoms with van der Waals surface area (Å²) in [6.07, 6.45) is 1.08. The molecule has 0 spiro atoms. The van der Waals surface area contributed by atoms with Crippen molar-refractivity contribution in [3.63, 3.8) is 0 Å². The summed E-state index contributed by atoms with van der Waals surface area (Å²) in [6.45, 7) is 2.41. The molecule has 2 aliphatic heterocycles. The van der Waals surface area contributed by atoms with E-state index in [1.54, 1.807) is 12.1 Å². The molecule has 0 bridgehead atoms. The third-order valence-electron chi connectivity index (χ3n) is 6.06. The summed E-state index contributed by atoms with van der Waals surface area (Å²) in [4.78, 5) is 11.6. The van der Waals surface area contributed by atoms with Gasteiger partial charge in [-0.25, -0.2) is 4.98 Å². The number of hydrogen-bond acceptors (Lipinski definition) is 6. The van der Waals surface area contributed by atoms with Gasteiger partial charge in [0.1, 0.15) is 11.7 Å². The molecular formula is C23H22ClN5O. The number of aromatic nitrogens is 1. The largest absolute Gasteiger partial charge is 0.439 e. The first-order chi connectivity index (χ1) is 14.5. The van der Waals surface area contributed by atoms with Gasteiger partial charge in [-0.05, 0) is 24.3 Å². The molecule has 30 heavy (non-hydrogen) atoms. The highest BCUT2D eigenvalue weighted by Gasteiger charge is 2.38. The number of benzene rings is 2. The fourth-order valence-corrected chi connectivity index (χ4v) is 4.81. The first-order valence-corrected chi connectivity index (χ1v) is 10.4. The number of halogens is 1. The van der Waals surface area contributed by atoms with Crippen molar-refractivity contribution >= 4 is 22.7 Å². The van der Waals surface area contributed by atoms with E-state index in [0.29, 0.717) is 18.0 Å². The quantitative estimate of drug-likeness (QED) is 0.629. The van der Waals surface area contributed by atoms with Crippen molar-refractivity contribution in [3.8, 4) is 6.07 Å². The van der Waals surface area contributed by atoms with Crippen molar-refractivity contribution in [3.05, 3.63) is 75.9 Å². The van der Waals surface area contributed by atoms with Crippen LogP contribution < -0.4 is 0 Å². The zero-order valence-electron chi connectivity index (χ0n) is 17.0. The Morgan fingerprint density at radius 3 is 2.77 bits per heavy atom. The van der Waals surface area contributed by atoms with E-state index < -0.39 is 0 Å². The van der Waals surface area contributed by atoms with E-state index in [1.165, 1.54) is 11.4 Å². The van der Waals surface area contributed by atoms with E-state index in [0.717, 1.165) is 41.2 Å². The summed E-state index contributed by atoms with van der Waals surface area (Å²) in [7, 11) is 4.29. The average Bonchev–Trinajstić information content (AvgIpc) is 3.26. The van der Waals surface area contributed by atoms with Crippen molar-refractivity contribution in [1.82, 2.24) is 19.7 Å². The van der Waals surface area contributed by atoms with E-state index in [1.807, 2.05) is 24.3 Å². The molecule has 0 aliphatic carbocycles. The molecule has 0 radical (unpaired) electrons. The van der Waals surface area contributed by atoms with E-state index >= 15 is 0 Å². The molecule has 0 N–H and O–H groups in total. The van der Waals surface area contributed by atoms with Crippen molar-refractivity contribution in [2.45, 2.75) is 19.1 Å². The molecule has 6 nitrogen and oxygen atoms in total. The summed E-state index contributed by atoms with van der Waals surface area (Å²) in [5.41, 5.74) is 5.86. The van der Waals surface area contributed by atoms with Gasteiger partial charge in [-0.1, -0.05) is 29.8 Å². The summed E-state index contributed by atoms with van der Waals surface area (Å²) >= 11 is 6.51.